The van der Waals surface area contributed by atoms with E-state index in [-0.39, 0.29) is 0 Å². The Morgan fingerprint density at radius 2 is 2.32 bits per heavy atom. The van der Waals surface area contributed by atoms with Crippen molar-refractivity contribution >= 4 is 27.7 Å². The highest BCUT2D eigenvalue weighted by Crippen LogP contribution is 2.30. The minimum atomic E-state index is 0.561. The van der Waals surface area contributed by atoms with E-state index in [1.807, 2.05) is 6.07 Å². The van der Waals surface area contributed by atoms with Crippen LogP contribution in [0, 0.1) is 0 Å². The Labute approximate surface area is 128 Å². The Hall–Kier alpha value is -0.190. The van der Waals surface area contributed by atoms with Gasteiger partial charge >= 0.3 is 0 Å². The van der Waals surface area contributed by atoms with Gasteiger partial charge in [0.15, 0.2) is 0 Å². The van der Waals surface area contributed by atoms with Crippen molar-refractivity contribution in [3.63, 3.8) is 0 Å². The zero-order valence-corrected chi connectivity index (χ0v) is 14.0. The fraction of sp³-hybridized carbons (Fsp3) is 0.600. The molecule has 2 rings (SSSR count). The Kier molecular flexibility index (Phi) is 6.05. The summed E-state index contributed by atoms with van der Waals surface area (Å²) in [5.41, 5.74) is 1.36. The summed E-state index contributed by atoms with van der Waals surface area (Å²) < 4.78 is 6.32. The van der Waals surface area contributed by atoms with Gasteiger partial charge in [0.05, 0.1) is 11.6 Å². The maximum atomic E-state index is 5.28. The average molecular weight is 344 g/mol. The van der Waals surface area contributed by atoms with E-state index < -0.39 is 0 Å². The van der Waals surface area contributed by atoms with E-state index in [0.29, 0.717) is 6.04 Å². The van der Waals surface area contributed by atoms with Crippen molar-refractivity contribution in [1.82, 2.24) is 5.32 Å². The SMILES string of the molecule is CNC(Cc1ccc(OC)c(Br)c1)C1CCCCS1. The van der Waals surface area contributed by atoms with Crippen LogP contribution in [-0.4, -0.2) is 31.2 Å². The van der Waals surface area contributed by atoms with Crippen LogP contribution in [0.1, 0.15) is 24.8 Å². The maximum absolute atomic E-state index is 5.28. The molecule has 0 bridgehead atoms. The summed E-state index contributed by atoms with van der Waals surface area (Å²) in [5, 5.41) is 4.25. The topological polar surface area (TPSA) is 21.3 Å². The normalized spacial score (nSPS) is 21.1. The largest absolute Gasteiger partial charge is 0.496 e. The molecule has 1 aromatic carbocycles. The number of rotatable bonds is 5. The van der Waals surface area contributed by atoms with Gasteiger partial charge in [0.25, 0.3) is 0 Å². The molecule has 1 aromatic rings. The van der Waals surface area contributed by atoms with Crippen LogP contribution in [0.4, 0.5) is 0 Å². The standard InChI is InChI=1S/C15H22BrNOS/c1-17-13(15-5-3-4-8-19-15)10-11-6-7-14(18-2)12(16)9-11/h6-7,9,13,15,17H,3-5,8,10H2,1-2H3. The third kappa shape index (κ3) is 4.14. The second kappa shape index (κ2) is 7.55. The van der Waals surface area contributed by atoms with Crippen molar-refractivity contribution in [1.29, 1.82) is 0 Å². The maximum Gasteiger partial charge on any atom is 0.133 e. The van der Waals surface area contributed by atoms with E-state index in [4.69, 9.17) is 4.74 Å². The fourth-order valence-electron chi connectivity index (χ4n) is 2.59. The zero-order valence-electron chi connectivity index (χ0n) is 11.6. The van der Waals surface area contributed by atoms with Crippen LogP contribution in [0.15, 0.2) is 22.7 Å². The predicted molar refractivity (Wildman–Crippen MR) is 87.3 cm³/mol. The number of hydrogen-bond donors (Lipinski definition) is 1. The Morgan fingerprint density at radius 3 is 2.89 bits per heavy atom. The van der Waals surface area contributed by atoms with Gasteiger partial charge in [-0.3, -0.25) is 0 Å². The van der Waals surface area contributed by atoms with Crippen LogP contribution in [0.5, 0.6) is 5.75 Å². The number of thioether (sulfide) groups is 1. The molecule has 1 fully saturated rings. The molecular weight excluding hydrogens is 322 g/mol. The highest BCUT2D eigenvalue weighted by Gasteiger charge is 2.23. The lowest BCUT2D eigenvalue weighted by Gasteiger charge is -2.29. The molecule has 19 heavy (non-hydrogen) atoms. The van der Waals surface area contributed by atoms with E-state index in [1.54, 1.807) is 7.11 Å². The highest BCUT2D eigenvalue weighted by atomic mass is 79.9. The van der Waals surface area contributed by atoms with Gasteiger partial charge in [-0.1, -0.05) is 12.5 Å². The quantitative estimate of drug-likeness (QED) is 0.876. The van der Waals surface area contributed by atoms with Gasteiger partial charge in [-0.25, -0.2) is 0 Å². The van der Waals surface area contributed by atoms with E-state index in [9.17, 15) is 0 Å². The molecule has 0 aromatic heterocycles. The molecule has 1 saturated heterocycles. The zero-order chi connectivity index (χ0) is 13.7. The van der Waals surface area contributed by atoms with Gasteiger partial charge in [-0.2, -0.15) is 11.8 Å². The monoisotopic (exact) mass is 343 g/mol. The van der Waals surface area contributed by atoms with E-state index >= 15 is 0 Å². The number of methoxy groups -OCH3 is 1. The molecule has 2 nitrogen and oxygen atoms in total. The summed E-state index contributed by atoms with van der Waals surface area (Å²) in [7, 11) is 3.78. The molecule has 0 saturated carbocycles. The van der Waals surface area contributed by atoms with Gasteiger partial charge in [0.2, 0.25) is 0 Å². The number of likely N-dealkylation sites (N-methyl/N-ethyl adjacent to an activating group) is 1. The molecule has 0 spiro atoms. The van der Waals surface area contributed by atoms with Crippen molar-refractivity contribution in [3.8, 4) is 5.75 Å². The van der Waals surface area contributed by atoms with E-state index in [1.165, 1.54) is 30.6 Å². The van der Waals surface area contributed by atoms with Crippen molar-refractivity contribution < 1.29 is 4.74 Å². The Morgan fingerprint density at radius 1 is 1.47 bits per heavy atom. The molecule has 106 valence electrons. The summed E-state index contributed by atoms with van der Waals surface area (Å²) in [6, 6.07) is 6.95. The van der Waals surface area contributed by atoms with Crippen LogP contribution in [0.25, 0.3) is 0 Å². The molecule has 1 N–H and O–H groups in total. The molecule has 4 heteroatoms. The van der Waals surface area contributed by atoms with Crippen LogP contribution in [0.2, 0.25) is 0 Å². The molecule has 2 unspecified atom stereocenters. The van der Waals surface area contributed by atoms with Crippen LogP contribution in [-0.2, 0) is 6.42 Å². The van der Waals surface area contributed by atoms with E-state index in [2.05, 4.69) is 52.2 Å². The lowest BCUT2D eigenvalue weighted by atomic mass is 9.99. The molecule has 1 aliphatic rings. The van der Waals surface area contributed by atoms with Crippen molar-refractivity contribution in [2.24, 2.45) is 0 Å². The number of nitrogens with one attached hydrogen (secondary N) is 1. The molecule has 0 radical (unpaired) electrons. The third-order valence-corrected chi connectivity index (χ3v) is 5.84. The minimum Gasteiger partial charge on any atom is -0.496 e. The molecule has 1 heterocycles. The molecule has 0 amide bonds. The number of hydrogen-bond acceptors (Lipinski definition) is 3. The highest BCUT2D eigenvalue weighted by molar-refractivity contribution is 9.10. The molecule has 0 aliphatic carbocycles. The summed E-state index contributed by atoms with van der Waals surface area (Å²) in [6.07, 6.45) is 5.18. The van der Waals surface area contributed by atoms with Crippen LogP contribution >= 0.6 is 27.7 Å². The van der Waals surface area contributed by atoms with Gasteiger partial charge in [0, 0.05) is 11.3 Å². The van der Waals surface area contributed by atoms with E-state index in [0.717, 1.165) is 21.9 Å². The number of halogens is 1. The average Bonchev–Trinajstić information content (AvgIpc) is 2.46. The summed E-state index contributed by atoms with van der Waals surface area (Å²) >= 11 is 5.69. The fourth-order valence-corrected chi connectivity index (χ4v) is 4.65. The minimum absolute atomic E-state index is 0.561. The first-order chi connectivity index (χ1) is 9.24. The molecule has 2 atom stereocenters. The first-order valence-electron chi connectivity index (χ1n) is 6.86. The Balaban J connectivity index is 2.03. The lowest BCUT2D eigenvalue weighted by Crippen LogP contribution is -2.38. The van der Waals surface area contributed by atoms with Crippen molar-refractivity contribution in [3.05, 3.63) is 28.2 Å². The number of benzene rings is 1. The number of ether oxygens (including phenoxy) is 1. The van der Waals surface area contributed by atoms with Crippen molar-refractivity contribution in [2.75, 3.05) is 19.9 Å². The first-order valence-corrected chi connectivity index (χ1v) is 8.70. The summed E-state index contributed by atoms with van der Waals surface area (Å²) in [4.78, 5) is 0. The third-order valence-electron chi connectivity index (χ3n) is 3.71. The summed E-state index contributed by atoms with van der Waals surface area (Å²) in [6.45, 7) is 0. The lowest BCUT2D eigenvalue weighted by molar-refractivity contribution is 0.411. The van der Waals surface area contributed by atoms with Gasteiger partial charge in [-0.15, -0.1) is 0 Å². The Bertz CT molecular complexity index is 407. The molecular formula is C15H22BrNOS. The second-order valence-electron chi connectivity index (χ2n) is 4.97. The summed E-state index contributed by atoms with van der Waals surface area (Å²) in [5.74, 6) is 2.21. The molecule has 1 aliphatic heterocycles. The van der Waals surface area contributed by atoms with Crippen LogP contribution < -0.4 is 10.1 Å². The van der Waals surface area contributed by atoms with Gasteiger partial charge < -0.3 is 10.1 Å². The second-order valence-corrected chi connectivity index (χ2v) is 7.17. The van der Waals surface area contributed by atoms with Crippen molar-refractivity contribution in [2.45, 2.75) is 37.0 Å². The van der Waals surface area contributed by atoms with Gasteiger partial charge in [-0.05, 0) is 65.7 Å². The smallest absolute Gasteiger partial charge is 0.133 e. The van der Waals surface area contributed by atoms with Gasteiger partial charge in [0.1, 0.15) is 5.75 Å². The predicted octanol–water partition coefficient (Wildman–Crippen LogP) is 3.87. The first kappa shape index (κ1) is 15.2. The van der Waals surface area contributed by atoms with Crippen LogP contribution in [0.3, 0.4) is 0 Å².